The topological polar surface area (TPSA) is 75.2 Å². The van der Waals surface area contributed by atoms with E-state index in [1.54, 1.807) is 0 Å². The van der Waals surface area contributed by atoms with Gasteiger partial charge in [0.15, 0.2) is 5.69 Å². The molecule has 0 saturated carbocycles. The van der Waals surface area contributed by atoms with Gasteiger partial charge in [0.05, 0.1) is 6.10 Å². The number of hydrogen-bond acceptors (Lipinski definition) is 3. The van der Waals surface area contributed by atoms with Crippen LogP contribution in [0.5, 0.6) is 5.75 Å². The van der Waals surface area contributed by atoms with Gasteiger partial charge >= 0.3 is 5.97 Å². The van der Waals surface area contributed by atoms with E-state index in [0.717, 1.165) is 22.6 Å². The van der Waals surface area contributed by atoms with Gasteiger partial charge in [-0.25, -0.2) is 4.79 Å². The molecule has 0 radical (unpaired) electrons. The number of aromatic amines is 1. The third-order valence-electron chi connectivity index (χ3n) is 2.98. The molecule has 1 heterocycles. The number of nitrogens with one attached hydrogen (secondary N) is 1. The normalized spacial score (nSPS) is 10.8. The average Bonchev–Trinajstić information content (AvgIpc) is 2.73. The summed E-state index contributed by atoms with van der Waals surface area (Å²) in [4.78, 5) is 11.2. The first-order valence-corrected chi connectivity index (χ1v) is 6.46. The van der Waals surface area contributed by atoms with Crippen LogP contribution in [-0.4, -0.2) is 27.4 Å². The molecule has 0 aliphatic rings. The van der Waals surface area contributed by atoms with Crippen molar-refractivity contribution in [2.24, 2.45) is 0 Å². The maximum atomic E-state index is 11.2. The molecule has 0 fully saturated rings. The second-order valence-corrected chi connectivity index (χ2v) is 5.02. The Kier molecular flexibility index (Phi) is 3.79. The Morgan fingerprint density at radius 1 is 1.35 bits per heavy atom. The summed E-state index contributed by atoms with van der Waals surface area (Å²) < 4.78 is 5.69. The molecule has 0 spiro atoms. The first-order chi connectivity index (χ1) is 9.40. The number of carboxylic acid groups (broad SMARTS) is 1. The number of carbonyl (C=O) groups is 1. The van der Waals surface area contributed by atoms with Gasteiger partial charge in [0.25, 0.3) is 0 Å². The molecule has 2 rings (SSSR count). The second-order valence-electron chi connectivity index (χ2n) is 5.02. The van der Waals surface area contributed by atoms with Gasteiger partial charge in [0.1, 0.15) is 5.75 Å². The van der Waals surface area contributed by atoms with Crippen molar-refractivity contribution in [2.75, 3.05) is 0 Å². The number of benzene rings is 1. The highest BCUT2D eigenvalue weighted by molar-refractivity contribution is 5.94. The summed E-state index contributed by atoms with van der Waals surface area (Å²) in [6.07, 6.45) is 0.102. The van der Waals surface area contributed by atoms with Crippen LogP contribution in [0.1, 0.15) is 35.6 Å². The fourth-order valence-electron chi connectivity index (χ4n) is 2.13. The Morgan fingerprint density at radius 2 is 2.05 bits per heavy atom. The van der Waals surface area contributed by atoms with Gasteiger partial charge in [-0.05, 0) is 51.0 Å². The lowest BCUT2D eigenvalue weighted by atomic mass is 10.0. The van der Waals surface area contributed by atoms with Gasteiger partial charge in [-0.1, -0.05) is 6.07 Å². The molecule has 0 saturated heterocycles. The van der Waals surface area contributed by atoms with Crippen molar-refractivity contribution in [1.29, 1.82) is 0 Å². The first-order valence-electron chi connectivity index (χ1n) is 6.46. The summed E-state index contributed by atoms with van der Waals surface area (Å²) in [6, 6.07) is 5.64. The predicted octanol–water partition coefficient (Wildman–Crippen LogP) is 3.18. The van der Waals surface area contributed by atoms with Crippen molar-refractivity contribution in [3.63, 3.8) is 0 Å². The molecule has 5 nitrogen and oxygen atoms in total. The van der Waals surface area contributed by atoms with Crippen LogP contribution in [-0.2, 0) is 0 Å². The quantitative estimate of drug-likeness (QED) is 0.897. The number of rotatable bonds is 4. The number of aromatic nitrogens is 2. The van der Waals surface area contributed by atoms with Crippen LogP contribution in [0.2, 0.25) is 0 Å². The molecule has 1 aromatic heterocycles. The zero-order valence-electron chi connectivity index (χ0n) is 12.0. The highest BCUT2D eigenvalue weighted by Crippen LogP contribution is 2.30. The third kappa shape index (κ3) is 2.66. The van der Waals surface area contributed by atoms with E-state index in [1.807, 2.05) is 45.9 Å². The van der Waals surface area contributed by atoms with E-state index in [4.69, 9.17) is 4.74 Å². The Labute approximate surface area is 117 Å². The fraction of sp³-hybridized carbons (Fsp3) is 0.333. The summed E-state index contributed by atoms with van der Waals surface area (Å²) in [7, 11) is 0. The van der Waals surface area contributed by atoms with E-state index in [0.29, 0.717) is 5.56 Å². The molecule has 1 aromatic carbocycles. The maximum absolute atomic E-state index is 11.2. The van der Waals surface area contributed by atoms with Gasteiger partial charge in [-0.3, -0.25) is 5.10 Å². The van der Waals surface area contributed by atoms with Crippen molar-refractivity contribution in [1.82, 2.24) is 10.2 Å². The Balaban J connectivity index is 2.47. The smallest absolute Gasteiger partial charge is 0.357 e. The van der Waals surface area contributed by atoms with Crippen LogP contribution >= 0.6 is 0 Å². The summed E-state index contributed by atoms with van der Waals surface area (Å²) in [5, 5.41) is 15.7. The monoisotopic (exact) mass is 274 g/mol. The second kappa shape index (κ2) is 5.36. The standard InChI is InChI=1S/C15H18N2O3/c1-8(2)20-12-6-5-11(7-9(12)3)13-10(4)16-17-14(13)15(18)19/h5-8H,1-4H3,(H,16,17)(H,18,19). The molecule has 2 aromatic rings. The van der Waals surface area contributed by atoms with Crippen molar-refractivity contribution < 1.29 is 14.6 Å². The molecule has 0 bridgehead atoms. The Bertz CT molecular complexity index is 645. The molecule has 2 N–H and O–H groups in total. The van der Waals surface area contributed by atoms with E-state index in [2.05, 4.69) is 10.2 Å². The van der Waals surface area contributed by atoms with Crippen LogP contribution in [0.15, 0.2) is 18.2 Å². The summed E-state index contributed by atoms with van der Waals surface area (Å²) >= 11 is 0. The van der Waals surface area contributed by atoms with E-state index >= 15 is 0 Å². The minimum atomic E-state index is -1.04. The number of hydrogen-bond donors (Lipinski definition) is 2. The largest absolute Gasteiger partial charge is 0.491 e. The molecule has 0 unspecified atom stereocenters. The number of aryl methyl sites for hydroxylation is 2. The van der Waals surface area contributed by atoms with E-state index in [1.165, 1.54) is 0 Å². The van der Waals surface area contributed by atoms with Gasteiger partial charge in [-0.2, -0.15) is 5.10 Å². The first kappa shape index (κ1) is 14.1. The van der Waals surface area contributed by atoms with Crippen molar-refractivity contribution >= 4 is 5.97 Å². The molecule has 0 atom stereocenters. The number of aromatic carboxylic acids is 1. The molecular weight excluding hydrogens is 256 g/mol. The highest BCUT2D eigenvalue weighted by atomic mass is 16.5. The molecule has 0 amide bonds. The number of nitrogens with zero attached hydrogens (tertiary/aromatic N) is 1. The van der Waals surface area contributed by atoms with Gasteiger partial charge < -0.3 is 9.84 Å². The molecule has 20 heavy (non-hydrogen) atoms. The highest BCUT2D eigenvalue weighted by Gasteiger charge is 2.18. The zero-order valence-corrected chi connectivity index (χ0v) is 12.0. The lowest BCUT2D eigenvalue weighted by Crippen LogP contribution is -2.06. The molecule has 0 aliphatic heterocycles. The summed E-state index contributed by atoms with van der Waals surface area (Å²) in [5.41, 5.74) is 3.19. The predicted molar refractivity (Wildman–Crippen MR) is 76.2 cm³/mol. The minimum Gasteiger partial charge on any atom is -0.491 e. The van der Waals surface area contributed by atoms with Crippen molar-refractivity contribution in [3.05, 3.63) is 35.2 Å². The van der Waals surface area contributed by atoms with Crippen LogP contribution in [0.3, 0.4) is 0 Å². The summed E-state index contributed by atoms with van der Waals surface area (Å²) in [6.45, 7) is 7.69. The Hall–Kier alpha value is -2.30. The zero-order chi connectivity index (χ0) is 14.9. The van der Waals surface area contributed by atoms with Gasteiger partial charge in [0, 0.05) is 11.3 Å². The number of carboxylic acids is 1. The third-order valence-corrected chi connectivity index (χ3v) is 2.98. The van der Waals surface area contributed by atoms with E-state index in [9.17, 15) is 9.90 Å². The number of ether oxygens (including phenoxy) is 1. The molecule has 106 valence electrons. The summed E-state index contributed by atoms with van der Waals surface area (Å²) in [5.74, 6) is -0.230. The molecule has 5 heteroatoms. The SMILES string of the molecule is Cc1cc(-c2c(C(=O)O)n[nH]c2C)ccc1OC(C)C. The Morgan fingerprint density at radius 3 is 2.60 bits per heavy atom. The van der Waals surface area contributed by atoms with Crippen LogP contribution in [0.25, 0.3) is 11.1 Å². The van der Waals surface area contributed by atoms with E-state index < -0.39 is 5.97 Å². The number of H-pyrrole nitrogens is 1. The van der Waals surface area contributed by atoms with Crippen molar-refractivity contribution in [2.45, 2.75) is 33.8 Å². The molecular formula is C15H18N2O3. The minimum absolute atomic E-state index is 0.0411. The maximum Gasteiger partial charge on any atom is 0.357 e. The van der Waals surface area contributed by atoms with Crippen LogP contribution in [0.4, 0.5) is 0 Å². The van der Waals surface area contributed by atoms with Crippen LogP contribution in [0, 0.1) is 13.8 Å². The van der Waals surface area contributed by atoms with Gasteiger partial charge in [0.2, 0.25) is 0 Å². The fourth-order valence-corrected chi connectivity index (χ4v) is 2.13. The average molecular weight is 274 g/mol. The lowest BCUT2D eigenvalue weighted by molar-refractivity contribution is 0.0691. The van der Waals surface area contributed by atoms with Gasteiger partial charge in [-0.15, -0.1) is 0 Å². The lowest BCUT2D eigenvalue weighted by Gasteiger charge is -2.13. The molecule has 0 aliphatic carbocycles. The van der Waals surface area contributed by atoms with Crippen LogP contribution < -0.4 is 4.74 Å². The van der Waals surface area contributed by atoms with Crippen molar-refractivity contribution in [3.8, 4) is 16.9 Å². The van der Waals surface area contributed by atoms with E-state index in [-0.39, 0.29) is 11.8 Å².